The molecule has 1 aromatic rings. The lowest BCUT2D eigenvalue weighted by Gasteiger charge is -2.14. The van der Waals surface area contributed by atoms with Gasteiger partial charge in [-0.1, -0.05) is 0 Å². The number of carbonyl (C=O) groups is 3. The molecule has 7 nitrogen and oxygen atoms in total. The minimum atomic E-state index is -1.35. The number of anilines is 1. The molecule has 0 radical (unpaired) electrons. The van der Waals surface area contributed by atoms with Crippen LogP contribution in [0.3, 0.4) is 0 Å². The van der Waals surface area contributed by atoms with Crippen molar-refractivity contribution in [3.05, 3.63) is 29.7 Å². The lowest BCUT2D eigenvalue weighted by molar-refractivity contribution is -0.120. The molecule has 0 aromatic carbocycles. The van der Waals surface area contributed by atoms with Gasteiger partial charge in [0.05, 0.1) is 0 Å². The van der Waals surface area contributed by atoms with Crippen molar-refractivity contribution in [2.75, 3.05) is 4.90 Å². The number of carboxylic acids is 1. The summed E-state index contributed by atoms with van der Waals surface area (Å²) in [6.07, 6.45) is 3.52. The summed E-state index contributed by atoms with van der Waals surface area (Å²) in [4.78, 5) is 42.1. The van der Waals surface area contributed by atoms with Crippen LogP contribution in [0.2, 0.25) is 0 Å². The van der Waals surface area contributed by atoms with Gasteiger partial charge in [0.2, 0.25) is 0 Å². The summed E-state index contributed by atoms with van der Waals surface area (Å²) in [6.45, 7) is 1.47. The van der Waals surface area contributed by atoms with Crippen LogP contribution in [-0.2, 0) is 9.59 Å². The van der Waals surface area contributed by atoms with E-state index in [4.69, 9.17) is 5.11 Å². The van der Waals surface area contributed by atoms with Crippen LogP contribution >= 0.6 is 0 Å². The molecule has 1 N–H and O–H groups in total. The molecule has 1 aromatic heterocycles. The number of amides is 2. The Morgan fingerprint density at radius 3 is 2.47 bits per heavy atom. The van der Waals surface area contributed by atoms with Gasteiger partial charge in [-0.3, -0.25) is 9.59 Å². The summed E-state index contributed by atoms with van der Waals surface area (Å²) in [5.41, 5.74) is -0.200. The summed E-state index contributed by atoms with van der Waals surface area (Å²) in [7, 11) is 0. The Kier molecular flexibility index (Phi) is 2.43. The van der Waals surface area contributed by atoms with Crippen LogP contribution in [-0.4, -0.2) is 32.9 Å². The normalized spacial score (nSPS) is 15.1. The maximum atomic E-state index is 11.7. The third-order valence-electron chi connectivity index (χ3n) is 2.19. The number of rotatable bonds is 2. The average Bonchev–Trinajstić information content (AvgIpc) is 2.53. The van der Waals surface area contributed by atoms with E-state index >= 15 is 0 Å². The van der Waals surface area contributed by atoms with Crippen molar-refractivity contribution in [1.82, 2.24) is 9.97 Å². The Morgan fingerprint density at radius 2 is 1.94 bits per heavy atom. The fraction of sp³-hybridized carbons (Fsp3) is 0.100. The highest BCUT2D eigenvalue weighted by Crippen LogP contribution is 2.22. The van der Waals surface area contributed by atoms with E-state index in [0.717, 1.165) is 6.08 Å². The van der Waals surface area contributed by atoms with Crippen LogP contribution in [0, 0.1) is 0 Å². The number of nitrogens with zero attached hydrogens (tertiary/aromatic N) is 3. The van der Waals surface area contributed by atoms with E-state index in [2.05, 4.69) is 9.97 Å². The Hall–Kier alpha value is -2.57. The molecule has 0 bridgehead atoms. The van der Waals surface area contributed by atoms with E-state index in [1.165, 1.54) is 19.3 Å². The zero-order valence-electron chi connectivity index (χ0n) is 8.75. The molecule has 2 heterocycles. The van der Waals surface area contributed by atoms with Gasteiger partial charge in [-0.25, -0.2) is 19.7 Å². The molecule has 0 fully saturated rings. The highest BCUT2D eigenvalue weighted by molar-refractivity contribution is 6.30. The predicted octanol–water partition coefficient (Wildman–Crippen LogP) is -0.00570. The molecule has 2 rings (SSSR count). The predicted molar refractivity (Wildman–Crippen MR) is 55.2 cm³/mol. The number of aromatic nitrogens is 2. The first-order valence-electron chi connectivity index (χ1n) is 4.63. The standard InChI is InChI=1S/C10H7N3O4/c1-5-4-6(14)13(9(5)15)8-7(10(16)17)11-2-3-12-8/h2-4H,1H3,(H,16,17). The van der Waals surface area contributed by atoms with Gasteiger partial charge in [0.1, 0.15) is 0 Å². The quantitative estimate of drug-likeness (QED) is 0.721. The van der Waals surface area contributed by atoms with E-state index < -0.39 is 23.5 Å². The van der Waals surface area contributed by atoms with Gasteiger partial charge in [-0.15, -0.1) is 0 Å². The fourth-order valence-corrected chi connectivity index (χ4v) is 1.43. The lowest BCUT2D eigenvalue weighted by Crippen LogP contribution is -2.33. The lowest BCUT2D eigenvalue weighted by atomic mass is 10.3. The monoisotopic (exact) mass is 233 g/mol. The molecule has 0 saturated carbocycles. The van der Waals surface area contributed by atoms with Crippen LogP contribution in [0.25, 0.3) is 0 Å². The van der Waals surface area contributed by atoms with Crippen molar-refractivity contribution < 1.29 is 19.5 Å². The molecule has 0 aliphatic carbocycles. The fourth-order valence-electron chi connectivity index (χ4n) is 1.43. The molecule has 0 spiro atoms. The maximum absolute atomic E-state index is 11.7. The van der Waals surface area contributed by atoms with Gasteiger partial charge in [0, 0.05) is 24.0 Å². The van der Waals surface area contributed by atoms with Crippen LogP contribution in [0.5, 0.6) is 0 Å². The first-order valence-corrected chi connectivity index (χ1v) is 4.63. The third kappa shape index (κ3) is 1.67. The minimum Gasteiger partial charge on any atom is -0.476 e. The number of hydrogen-bond donors (Lipinski definition) is 1. The molecule has 86 valence electrons. The molecule has 7 heteroatoms. The second-order valence-corrected chi connectivity index (χ2v) is 3.34. The van der Waals surface area contributed by atoms with E-state index in [-0.39, 0.29) is 11.4 Å². The summed E-state index contributed by atoms with van der Waals surface area (Å²) in [6, 6.07) is 0. The molecular weight excluding hydrogens is 226 g/mol. The van der Waals surface area contributed by atoms with Crippen molar-refractivity contribution in [1.29, 1.82) is 0 Å². The van der Waals surface area contributed by atoms with E-state index in [0.29, 0.717) is 4.90 Å². The molecule has 0 atom stereocenters. The van der Waals surface area contributed by atoms with Gasteiger partial charge < -0.3 is 5.11 Å². The molecular formula is C10H7N3O4. The van der Waals surface area contributed by atoms with Gasteiger partial charge >= 0.3 is 5.97 Å². The van der Waals surface area contributed by atoms with Crippen LogP contribution in [0.4, 0.5) is 5.82 Å². The van der Waals surface area contributed by atoms with Crippen LogP contribution in [0.1, 0.15) is 17.4 Å². The highest BCUT2D eigenvalue weighted by Gasteiger charge is 2.34. The van der Waals surface area contributed by atoms with Gasteiger partial charge in [0.15, 0.2) is 11.5 Å². The van der Waals surface area contributed by atoms with E-state index in [1.54, 1.807) is 0 Å². The Balaban J connectivity index is 2.53. The topological polar surface area (TPSA) is 100 Å². The van der Waals surface area contributed by atoms with Crippen molar-refractivity contribution in [2.24, 2.45) is 0 Å². The molecule has 1 aliphatic heterocycles. The zero-order chi connectivity index (χ0) is 12.6. The van der Waals surface area contributed by atoms with Crippen molar-refractivity contribution in [2.45, 2.75) is 6.92 Å². The maximum Gasteiger partial charge on any atom is 0.358 e. The van der Waals surface area contributed by atoms with Crippen molar-refractivity contribution in [3.63, 3.8) is 0 Å². The number of imide groups is 1. The Morgan fingerprint density at radius 1 is 1.29 bits per heavy atom. The van der Waals surface area contributed by atoms with Crippen molar-refractivity contribution in [3.8, 4) is 0 Å². The van der Waals surface area contributed by atoms with Gasteiger partial charge in [-0.2, -0.15) is 0 Å². The summed E-state index contributed by atoms with van der Waals surface area (Å²) >= 11 is 0. The largest absolute Gasteiger partial charge is 0.476 e. The summed E-state index contributed by atoms with van der Waals surface area (Å²) in [5.74, 6) is -2.81. The number of hydrogen-bond acceptors (Lipinski definition) is 5. The minimum absolute atomic E-state index is 0.233. The molecule has 1 aliphatic rings. The SMILES string of the molecule is CC1=CC(=O)N(c2nccnc2C(=O)O)C1=O. The molecule has 0 unspecified atom stereocenters. The first kappa shape index (κ1) is 10.9. The third-order valence-corrected chi connectivity index (χ3v) is 2.19. The van der Waals surface area contributed by atoms with Gasteiger partial charge in [0.25, 0.3) is 11.8 Å². The second kappa shape index (κ2) is 3.78. The second-order valence-electron chi connectivity index (χ2n) is 3.34. The van der Waals surface area contributed by atoms with Crippen molar-refractivity contribution >= 4 is 23.6 Å². The van der Waals surface area contributed by atoms with E-state index in [1.807, 2.05) is 0 Å². The highest BCUT2D eigenvalue weighted by atomic mass is 16.4. The summed E-state index contributed by atoms with van der Waals surface area (Å²) in [5, 5.41) is 8.90. The Labute approximate surface area is 95.4 Å². The Bertz CT molecular complexity index is 564. The van der Waals surface area contributed by atoms with Crippen LogP contribution < -0.4 is 4.90 Å². The molecule has 0 saturated heterocycles. The van der Waals surface area contributed by atoms with Gasteiger partial charge in [-0.05, 0) is 6.92 Å². The molecule has 2 amide bonds. The van der Waals surface area contributed by atoms with Crippen LogP contribution in [0.15, 0.2) is 24.0 Å². The van der Waals surface area contributed by atoms with E-state index in [9.17, 15) is 14.4 Å². The number of carboxylic acid groups (broad SMARTS) is 1. The number of aromatic carboxylic acids is 1. The smallest absolute Gasteiger partial charge is 0.358 e. The first-order chi connectivity index (χ1) is 8.02. The molecule has 17 heavy (non-hydrogen) atoms. The number of carbonyl (C=O) groups excluding carboxylic acids is 2. The average molecular weight is 233 g/mol. The zero-order valence-corrected chi connectivity index (χ0v) is 8.75. The summed E-state index contributed by atoms with van der Waals surface area (Å²) < 4.78 is 0.